The monoisotopic (exact) mass is 388 g/mol. The predicted molar refractivity (Wildman–Crippen MR) is 111 cm³/mol. The normalized spacial score (nSPS) is 15.6. The second kappa shape index (κ2) is 8.31. The summed E-state index contributed by atoms with van der Waals surface area (Å²) in [5.74, 6) is 0.511. The first-order chi connectivity index (χ1) is 14.1. The van der Waals surface area contributed by atoms with Gasteiger partial charge in [0, 0.05) is 19.5 Å². The van der Waals surface area contributed by atoms with E-state index in [1.165, 1.54) is 5.56 Å². The summed E-state index contributed by atoms with van der Waals surface area (Å²) in [5, 5.41) is 7.30. The van der Waals surface area contributed by atoms with Crippen LogP contribution in [-0.2, 0) is 22.6 Å². The van der Waals surface area contributed by atoms with Gasteiger partial charge in [0.15, 0.2) is 0 Å². The number of rotatable bonds is 5. The van der Waals surface area contributed by atoms with Crippen molar-refractivity contribution < 1.29 is 9.59 Å². The molecule has 0 fully saturated rings. The molecule has 1 atom stereocenters. The van der Waals surface area contributed by atoms with Gasteiger partial charge in [-0.25, -0.2) is 4.68 Å². The molecule has 0 saturated carbocycles. The minimum absolute atomic E-state index is 0.00794. The van der Waals surface area contributed by atoms with E-state index in [-0.39, 0.29) is 24.3 Å². The molecule has 0 bridgehead atoms. The summed E-state index contributed by atoms with van der Waals surface area (Å²) in [6.45, 7) is 2.78. The molecule has 1 aromatic heterocycles. The Morgan fingerprint density at radius 3 is 2.62 bits per heavy atom. The Morgan fingerprint density at radius 1 is 1.07 bits per heavy atom. The molecule has 1 unspecified atom stereocenters. The molecule has 0 saturated heterocycles. The van der Waals surface area contributed by atoms with Crippen LogP contribution in [0.5, 0.6) is 0 Å². The van der Waals surface area contributed by atoms with E-state index >= 15 is 0 Å². The van der Waals surface area contributed by atoms with Gasteiger partial charge in [0.1, 0.15) is 5.82 Å². The molecule has 4 rings (SSSR count). The predicted octanol–water partition coefficient (Wildman–Crippen LogP) is 3.41. The Morgan fingerprint density at radius 2 is 1.83 bits per heavy atom. The first-order valence-corrected chi connectivity index (χ1v) is 9.82. The van der Waals surface area contributed by atoms with Gasteiger partial charge in [-0.3, -0.25) is 9.59 Å². The fourth-order valence-corrected chi connectivity index (χ4v) is 3.94. The average molecular weight is 388 g/mol. The average Bonchev–Trinajstić information content (AvgIpc) is 3.15. The fourth-order valence-electron chi connectivity index (χ4n) is 3.94. The van der Waals surface area contributed by atoms with E-state index < -0.39 is 0 Å². The standard InChI is InChI=1S/C23H24N4O2/c1-17(28)26-14-12-19-9-5-6-10-20(19)21(26)15-23(29)25-22-11-13-24-27(22)16-18-7-3-2-4-8-18/h2-11,13,21H,12,14-16H2,1H3,(H,25,29). The third kappa shape index (κ3) is 4.21. The highest BCUT2D eigenvalue weighted by Gasteiger charge is 2.30. The number of amides is 2. The van der Waals surface area contributed by atoms with Crippen molar-refractivity contribution in [2.45, 2.75) is 32.4 Å². The SMILES string of the molecule is CC(=O)N1CCc2ccccc2C1CC(=O)Nc1ccnn1Cc1ccccc1. The lowest BCUT2D eigenvalue weighted by atomic mass is 9.90. The Kier molecular flexibility index (Phi) is 5.42. The molecule has 2 heterocycles. The highest BCUT2D eigenvalue weighted by molar-refractivity contribution is 5.91. The van der Waals surface area contributed by atoms with Crippen molar-refractivity contribution in [2.24, 2.45) is 0 Å². The second-order valence-corrected chi connectivity index (χ2v) is 7.29. The van der Waals surface area contributed by atoms with Crippen LogP contribution in [0.25, 0.3) is 0 Å². The van der Waals surface area contributed by atoms with Crippen molar-refractivity contribution in [1.82, 2.24) is 14.7 Å². The van der Waals surface area contributed by atoms with E-state index in [2.05, 4.69) is 16.5 Å². The summed E-state index contributed by atoms with van der Waals surface area (Å²) >= 11 is 0. The third-order valence-corrected chi connectivity index (χ3v) is 5.35. The Bertz CT molecular complexity index is 1010. The summed E-state index contributed by atoms with van der Waals surface area (Å²) in [5.41, 5.74) is 3.37. The number of carbonyl (C=O) groups is 2. The zero-order valence-corrected chi connectivity index (χ0v) is 16.4. The molecular formula is C23H24N4O2. The molecule has 1 aliphatic rings. The first-order valence-electron chi connectivity index (χ1n) is 9.82. The Balaban J connectivity index is 1.50. The van der Waals surface area contributed by atoms with Crippen LogP contribution in [0.2, 0.25) is 0 Å². The summed E-state index contributed by atoms with van der Waals surface area (Å²) in [4.78, 5) is 26.8. The number of hydrogen-bond donors (Lipinski definition) is 1. The van der Waals surface area contributed by atoms with Gasteiger partial charge in [-0.2, -0.15) is 5.10 Å². The maximum Gasteiger partial charge on any atom is 0.227 e. The van der Waals surface area contributed by atoms with Gasteiger partial charge in [0.2, 0.25) is 11.8 Å². The maximum absolute atomic E-state index is 12.9. The maximum atomic E-state index is 12.9. The third-order valence-electron chi connectivity index (χ3n) is 5.35. The number of nitrogens with zero attached hydrogens (tertiary/aromatic N) is 3. The van der Waals surface area contributed by atoms with E-state index in [1.54, 1.807) is 28.8 Å². The number of aromatic nitrogens is 2. The zero-order chi connectivity index (χ0) is 20.2. The minimum Gasteiger partial charge on any atom is -0.335 e. The highest BCUT2D eigenvalue weighted by atomic mass is 16.2. The molecular weight excluding hydrogens is 364 g/mol. The fraction of sp³-hybridized carbons (Fsp3) is 0.261. The van der Waals surface area contributed by atoms with Gasteiger partial charge in [-0.1, -0.05) is 54.6 Å². The number of hydrogen-bond acceptors (Lipinski definition) is 3. The lowest BCUT2D eigenvalue weighted by Gasteiger charge is -2.36. The van der Waals surface area contributed by atoms with Crippen molar-refractivity contribution in [3.8, 4) is 0 Å². The molecule has 0 spiro atoms. The van der Waals surface area contributed by atoms with Gasteiger partial charge in [0.25, 0.3) is 0 Å². The van der Waals surface area contributed by atoms with E-state index in [4.69, 9.17) is 0 Å². The Labute approximate surface area is 170 Å². The number of nitrogens with one attached hydrogen (secondary N) is 1. The number of anilines is 1. The topological polar surface area (TPSA) is 67.2 Å². The van der Waals surface area contributed by atoms with Crippen LogP contribution in [0.4, 0.5) is 5.82 Å². The quantitative estimate of drug-likeness (QED) is 0.728. The van der Waals surface area contributed by atoms with Crippen molar-refractivity contribution in [3.63, 3.8) is 0 Å². The van der Waals surface area contributed by atoms with Crippen molar-refractivity contribution in [2.75, 3.05) is 11.9 Å². The first kappa shape index (κ1) is 18.9. The van der Waals surface area contributed by atoms with Crippen LogP contribution in [0.1, 0.15) is 36.1 Å². The lowest BCUT2D eigenvalue weighted by molar-refractivity contribution is -0.132. The largest absolute Gasteiger partial charge is 0.335 e. The number of benzene rings is 2. The van der Waals surface area contributed by atoms with Crippen LogP contribution < -0.4 is 5.32 Å². The van der Waals surface area contributed by atoms with Gasteiger partial charge in [-0.05, 0) is 23.1 Å². The van der Waals surface area contributed by atoms with E-state index in [1.807, 2.05) is 48.5 Å². The van der Waals surface area contributed by atoms with Crippen molar-refractivity contribution in [1.29, 1.82) is 0 Å². The van der Waals surface area contributed by atoms with Gasteiger partial charge in [-0.15, -0.1) is 0 Å². The molecule has 1 N–H and O–H groups in total. The molecule has 2 amide bonds. The summed E-state index contributed by atoms with van der Waals surface area (Å²) in [7, 11) is 0. The van der Waals surface area contributed by atoms with E-state index in [9.17, 15) is 9.59 Å². The van der Waals surface area contributed by atoms with Crippen LogP contribution in [0.15, 0.2) is 66.9 Å². The van der Waals surface area contributed by atoms with Gasteiger partial charge < -0.3 is 10.2 Å². The van der Waals surface area contributed by atoms with E-state index in [0.717, 1.165) is 17.5 Å². The Hall–Kier alpha value is -3.41. The lowest BCUT2D eigenvalue weighted by Crippen LogP contribution is -2.40. The van der Waals surface area contributed by atoms with Gasteiger partial charge >= 0.3 is 0 Å². The molecule has 6 nitrogen and oxygen atoms in total. The molecule has 3 aromatic rings. The van der Waals surface area contributed by atoms with Gasteiger partial charge in [0.05, 0.1) is 25.2 Å². The summed E-state index contributed by atoms with van der Waals surface area (Å²) in [6.07, 6.45) is 2.71. The van der Waals surface area contributed by atoms with E-state index in [0.29, 0.717) is 18.9 Å². The molecule has 2 aromatic carbocycles. The minimum atomic E-state index is -0.247. The van der Waals surface area contributed by atoms with Crippen LogP contribution in [-0.4, -0.2) is 33.0 Å². The molecule has 0 radical (unpaired) electrons. The summed E-state index contributed by atoms with van der Waals surface area (Å²) < 4.78 is 1.77. The molecule has 6 heteroatoms. The summed E-state index contributed by atoms with van der Waals surface area (Å²) in [6, 6.07) is 19.6. The molecule has 148 valence electrons. The number of fused-ring (bicyclic) bond motifs is 1. The molecule has 29 heavy (non-hydrogen) atoms. The van der Waals surface area contributed by atoms with Crippen molar-refractivity contribution >= 4 is 17.6 Å². The zero-order valence-electron chi connectivity index (χ0n) is 16.4. The second-order valence-electron chi connectivity index (χ2n) is 7.29. The van der Waals surface area contributed by atoms with Crippen LogP contribution in [0, 0.1) is 0 Å². The van der Waals surface area contributed by atoms with Crippen molar-refractivity contribution in [3.05, 3.63) is 83.6 Å². The highest BCUT2D eigenvalue weighted by Crippen LogP contribution is 2.32. The van der Waals surface area contributed by atoms with Crippen LogP contribution in [0.3, 0.4) is 0 Å². The van der Waals surface area contributed by atoms with Crippen LogP contribution >= 0.6 is 0 Å². The molecule has 0 aliphatic carbocycles. The number of carbonyl (C=O) groups excluding carboxylic acids is 2. The smallest absolute Gasteiger partial charge is 0.227 e. The molecule has 1 aliphatic heterocycles.